The highest BCUT2D eigenvalue weighted by Gasteiger charge is 2.22. The monoisotopic (exact) mass is 305 g/mol. The van der Waals surface area contributed by atoms with Gasteiger partial charge in [0.15, 0.2) is 0 Å². The van der Waals surface area contributed by atoms with E-state index >= 15 is 0 Å². The van der Waals surface area contributed by atoms with E-state index in [1.807, 2.05) is 6.92 Å². The van der Waals surface area contributed by atoms with Crippen LogP contribution in [0.25, 0.3) is 10.8 Å². The van der Waals surface area contributed by atoms with Crippen molar-refractivity contribution in [3.63, 3.8) is 0 Å². The summed E-state index contributed by atoms with van der Waals surface area (Å²) in [7, 11) is 0. The van der Waals surface area contributed by atoms with Gasteiger partial charge in [0.05, 0.1) is 5.76 Å². The minimum Gasteiger partial charge on any atom is -0.430 e. The van der Waals surface area contributed by atoms with E-state index in [2.05, 4.69) is 6.58 Å². The molecule has 0 saturated carbocycles. The molecule has 0 amide bonds. The van der Waals surface area contributed by atoms with E-state index in [0.29, 0.717) is 22.6 Å². The Bertz CT molecular complexity index is 764. The van der Waals surface area contributed by atoms with E-state index in [0.717, 1.165) is 5.39 Å². The van der Waals surface area contributed by atoms with Crippen LogP contribution in [0.5, 0.6) is 0 Å². The molecule has 1 atom stereocenters. The van der Waals surface area contributed by atoms with Crippen molar-refractivity contribution >= 4 is 28.3 Å². The summed E-state index contributed by atoms with van der Waals surface area (Å²) >= 11 is 5.94. The molecule has 0 bridgehead atoms. The Morgan fingerprint density at radius 2 is 2.14 bits per heavy atom. The number of carbonyl (C=O) groups is 1. The largest absolute Gasteiger partial charge is 0.430 e. The van der Waals surface area contributed by atoms with Gasteiger partial charge in [-0.25, -0.2) is 4.79 Å². The van der Waals surface area contributed by atoms with Crippen molar-refractivity contribution in [3.8, 4) is 0 Å². The van der Waals surface area contributed by atoms with Crippen LogP contribution in [0.15, 0.2) is 47.6 Å². The van der Waals surface area contributed by atoms with Gasteiger partial charge in [-0.2, -0.15) is 0 Å². The van der Waals surface area contributed by atoms with E-state index in [9.17, 15) is 9.59 Å². The fourth-order valence-electron chi connectivity index (χ4n) is 2.19. The van der Waals surface area contributed by atoms with Gasteiger partial charge in [0.25, 0.3) is 5.56 Å². The van der Waals surface area contributed by atoms with E-state index in [4.69, 9.17) is 16.3 Å². The number of halogens is 1. The Kier molecular flexibility index (Phi) is 4.48. The third-order valence-corrected chi connectivity index (χ3v) is 3.40. The number of esters is 1. The number of ether oxygens (including phenoxy) is 1. The molecule has 1 aromatic heterocycles. The third kappa shape index (κ3) is 3.16. The Labute approximate surface area is 127 Å². The molecule has 0 aliphatic heterocycles. The van der Waals surface area contributed by atoms with E-state index in [-0.39, 0.29) is 5.56 Å². The average Bonchev–Trinajstić information content (AvgIpc) is 2.42. The lowest BCUT2D eigenvalue weighted by molar-refractivity contribution is -0.143. The van der Waals surface area contributed by atoms with Gasteiger partial charge in [-0.3, -0.25) is 4.79 Å². The van der Waals surface area contributed by atoms with E-state index < -0.39 is 12.0 Å². The lowest BCUT2D eigenvalue weighted by atomic mass is 10.1. The zero-order valence-corrected chi connectivity index (χ0v) is 12.7. The summed E-state index contributed by atoms with van der Waals surface area (Å²) in [6.07, 6.45) is 2.05. The van der Waals surface area contributed by atoms with Crippen LogP contribution in [-0.2, 0) is 9.53 Å². The molecule has 0 N–H and O–H groups in total. The number of hydrogen-bond acceptors (Lipinski definition) is 3. The summed E-state index contributed by atoms with van der Waals surface area (Å²) < 4.78 is 6.41. The Morgan fingerprint density at radius 1 is 1.43 bits per heavy atom. The molecule has 110 valence electrons. The Hall–Kier alpha value is -2.07. The van der Waals surface area contributed by atoms with Gasteiger partial charge in [0.1, 0.15) is 6.04 Å². The Balaban J connectivity index is 2.54. The molecule has 1 heterocycles. The molecule has 0 fully saturated rings. The number of pyridine rings is 1. The van der Waals surface area contributed by atoms with E-state index in [1.54, 1.807) is 37.4 Å². The van der Waals surface area contributed by atoms with Crippen LogP contribution in [-0.4, -0.2) is 10.5 Å². The summed E-state index contributed by atoms with van der Waals surface area (Å²) in [4.78, 5) is 24.6. The van der Waals surface area contributed by atoms with Gasteiger partial charge in [-0.05, 0) is 36.9 Å². The van der Waals surface area contributed by atoms with Crippen LogP contribution in [0.3, 0.4) is 0 Å². The maximum Gasteiger partial charge on any atom is 0.334 e. The van der Waals surface area contributed by atoms with Gasteiger partial charge in [0, 0.05) is 16.6 Å². The fourth-order valence-corrected chi connectivity index (χ4v) is 2.36. The minimum absolute atomic E-state index is 0.263. The highest BCUT2D eigenvalue weighted by atomic mass is 35.5. The number of hydrogen-bond donors (Lipinski definition) is 0. The smallest absolute Gasteiger partial charge is 0.334 e. The Morgan fingerprint density at radius 3 is 2.76 bits per heavy atom. The second-order valence-electron chi connectivity index (χ2n) is 4.81. The van der Waals surface area contributed by atoms with Crippen molar-refractivity contribution in [1.82, 2.24) is 4.57 Å². The van der Waals surface area contributed by atoms with Crippen LogP contribution in [0.2, 0.25) is 5.02 Å². The molecule has 0 aliphatic rings. The molecule has 0 radical (unpaired) electrons. The molecule has 0 saturated heterocycles. The van der Waals surface area contributed by atoms with Crippen molar-refractivity contribution in [2.45, 2.75) is 26.3 Å². The zero-order valence-electron chi connectivity index (χ0n) is 11.9. The number of aromatic nitrogens is 1. The summed E-state index contributed by atoms with van der Waals surface area (Å²) in [5, 5.41) is 1.74. The zero-order chi connectivity index (χ0) is 15.6. The highest BCUT2D eigenvalue weighted by molar-refractivity contribution is 6.31. The lowest BCUT2D eigenvalue weighted by Crippen LogP contribution is -2.30. The highest BCUT2D eigenvalue weighted by Crippen LogP contribution is 2.19. The van der Waals surface area contributed by atoms with E-state index in [1.165, 1.54) is 4.57 Å². The van der Waals surface area contributed by atoms with Crippen LogP contribution < -0.4 is 5.56 Å². The predicted molar refractivity (Wildman–Crippen MR) is 83.5 cm³/mol. The van der Waals surface area contributed by atoms with Crippen LogP contribution in [0, 0.1) is 0 Å². The molecule has 0 spiro atoms. The van der Waals surface area contributed by atoms with Crippen molar-refractivity contribution in [2.24, 2.45) is 0 Å². The molecule has 1 aromatic carbocycles. The van der Waals surface area contributed by atoms with Crippen molar-refractivity contribution in [1.29, 1.82) is 0 Å². The molecule has 21 heavy (non-hydrogen) atoms. The molecular weight excluding hydrogens is 290 g/mol. The molecule has 5 heteroatoms. The quantitative estimate of drug-likeness (QED) is 0.639. The van der Waals surface area contributed by atoms with Gasteiger partial charge in [-0.1, -0.05) is 31.2 Å². The van der Waals surface area contributed by atoms with Crippen molar-refractivity contribution in [3.05, 3.63) is 58.2 Å². The number of allylic oxidation sites excluding steroid dienone is 1. The summed E-state index contributed by atoms with van der Waals surface area (Å²) in [5.74, 6) is -0.191. The van der Waals surface area contributed by atoms with Crippen LogP contribution in [0.4, 0.5) is 0 Å². The first-order chi connectivity index (χ1) is 9.93. The molecule has 0 unspecified atom stereocenters. The summed E-state index contributed by atoms with van der Waals surface area (Å²) in [6.45, 7) is 6.95. The summed E-state index contributed by atoms with van der Waals surface area (Å²) in [5.41, 5.74) is -0.263. The second-order valence-corrected chi connectivity index (χ2v) is 5.24. The number of nitrogens with zero attached hydrogens (tertiary/aromatic N) is 1. The fraction of sp³-hybridized carbons (Fsp3) is 0.250. The topological polar surface area (TPSA) is 48.3 Å². The van der Waals surface area contributed by atoms with Crippen LogP contribution in [0.1, 0.15) is 26.3 Å². The number of rotatable bonds is 4. The normalized spacial score (nSPS) is 12.1. The maximum atomic E-state index is 12.5. The maximum absolute atomic E-state index is 12.5. The van der Waals surface area contributed by atoms with Crippen LogP contribution >= 0.6 is 11.6 Å². The standard InChI is InChI=1S/C16H16ClNO3/c1-4-14(16(20)21-10(2)3)18-8-7-11-5-6-12(17)9-13(11)15(18)19/h5-9,14H,2,4H2,1,3H3/t14-/m0/s1. The number of fused-ring (bicyclic) bond motifs is 1. The molecule has 2 rings (SSSR count). The summed E-state index contributed by atoms with van der Waals surface area (Å²) in [6, 6.07) is 6.20. The van der Waals surface area contributed by atoms with Gasteiger partial charge < -0.3 is 9.30 Å². The first-order valence-corrected chi connectivity index (χ1v) is 6.99. The molecule has 2 aromatic rings. The van der Waals surface area contributed by atoms with Gasteiger partial charge in [0.2, 0.25) is 0 Å². The SMILES string of the molecule is C=C(C)OC(=O)[C@H](CC)n1ccc2ccc(Cl)cc2c1=O. The lowest BCUT2D eigenvalue weighted by Gasteiger charge is -2.17. The van der Waals surface area contributed by atoms with Crippen molar-refractivity contribution < 1.29 is 9.53 Å². The third-order valence-electron chi connectivity index (χ3n) is 3.16. The molecule has 0 aliphatic carbocycles. The minimum atomic E-state index is -0.683. The number of benzene rings is 1. The van der Waals surface area contributed by atoms with Crippen molar-refractivity contribution in [2.75, 3.05) is 0 Å². The first-order valence-electron chi connectivity index (χ1n) is 6.61. The second kappa shape index (κ2) is 6.14. The average molecular weight is 306 g/mol. The predicted octanol–water partition coefficient (Wildman–Crippen LogP) is 3.68. The first kappa shape index (κ1) is 15.3. The van der Waals surface area contributed by atoms with Gasteiger partial charge >= 0.3 is 5.97 Å². The number of carbonyl (C=O) groups excluding carboxylic acids is 1. The molecule has 4 nitrogen and oxygen atoms in total. The molecular formula is C16H16ClNO3. The van der Waals surface area contributed by atoms with Gasteiger partial charge in [-0.15, -0.1) is 0 Å².